The highest BCUT2D eigenvalue weighted by molar-refractivity contribution is 6.31. The number of nitrogens with zero attached hydrogens (tertiary/aromatic N) is 3. The van der Waals surface area contributed by atoms with Crippen molar-refractivity contribution in [1.82, 2.24) is 19.6 Å². The van der Waals surface area contributed by atoms with Gasteiger partial charge in [0.1, 0.15) is 17.3 Å². The van der Waals surface area contributed by atoms with Crippen molar-refractivity contribution >= 4 is 29.1 Å². The Bertz CT molecular complexity index is 1440. The third-order valence-corrected chi connectivity index (χ3v) is 6.70. The Hall–Kier alpha value is -3.67. The predicted molar refractivity (Wildman–Crippen MR) is 157 cm³/mol. The first-order chi connectivity index (χ1) is 19.3. The summed E-state index contributed by atoms with van der Waals surface area (Å²) in [6.45, 7) is 4.22. The van der Waals surface area contributed by atoms with Gasteiger partial charge in [-0.3, -0.25) is 19.1 Å². The van der Waals surface area contributed by atoms with Crippen LogP contribution in [-0.2, 0) is 23.0 Å². The highest BCUT2D eigenvalue weighted by Crippen LogP contribution is 2.27. The van der Waals surface area contributed by atoms with Crippen LogP contribution >= 0.6 is 11.6 Å². The fourth-order valence-electron chi connectivity index (χ4n) is 4.29. The largest absolute Gasteiger partial charge is 0.467 e. The van der Waals surface area contributed by atoms with Gasteiger partial charge in [-0.2, -0.15) is 0 Å². The van der Waals surface area contributed by atoms with E-state index in [4.69, 9.17) is 21.1 Å². The van der Waals surface area contributed by atoms with E-state index >= 15 is 0 Å². The molecular weight excluding hydrogens is 553 g/mol. The number of amides is 2. The number of anilines is 1. The number of para-hydroxylation sites is 1. The number of likely N-dealkylation sites (N-methyl/N-ethyl adjacent to an activating group) is 1. The molecule has 0 atom stereocenters. The van der Waals surface area contributed by atoms with E-state index in [1.165, 1.54) is 17.9 Å². The molecule has 0 saturated carbocycles. The minimum atomic E-state index is -0.733. The van der Waals surface area contributed by atoms with Gasteiger partial charge in [-0.25, -0.2) is 9.07 Å². The van der Waals surface area contributed by atoms with Gasteiger partial charge in [0.2, 0.25) is 5.91 Å². The molecule has 41 heavy (non-hydrogen) atoms. The van der Waals surface area contributed by atoms with E-state index in [1.807, 2.05) is 63.2 Å². The molecule has 2 N–H and O–H groups in total. The maximum absolute atomic E-state index is 14.0. The zero-order valence-corrected chi connectivity index (χ0v) is 25.0. The van der Waals surface area contributed by atoms with Crippen LogP contribution < -0.4 is 20.9 Å². The van der Waals surface area contributed by atoms with Crippen LogP contribution in [0.25, 0.3) is 5.69 Å². The lowest BCUT2D eigenvalue weighted by atomic mass is 9.88. The summed E-state index contributed by atoms with van der Waals surface area (Å²) >= 11 is 5.89. The Morgan fingerprint density at radius 3 is 2.46 bits per heavy atom. The number of ether oxygens (including phenoxy) is 2. The van der Waals surface area contributed by atoms with Crippen LogP contribution in [-0.4, -0.2) is 67.2 Å². The second kappa shape index (κ2) is 13.8. The number of rotatable bonds is 13. The molecule has 10 nitrogen and oxygen atoms in total. The van der Waals surface area contributed by atoms with Gasteiger partial charge in [0.05, 0.1) is 22.0 Å². The predicted octanol–water partition coefficient (Wildman–Crippen LogP) is 3.84. The van der Waals surface area contributed by atoms with Crippen molar-refractivity contribution in [1.29, 1.82) is 0 Å². The van der Waals surface area contributed by atoms with Crippen LogP contribution in [0.1, 0.15) is 36.3 Å². The summed E-state index contributed by atoms with van der Waals surface area (Å²) in [5, 5.41) is 5.37. The van der Waals surface area contributed by atoms with E-state index < -0.39 is 17.1 Å². The molecule has 0 aliphatic heterocycles. The number of carbonyl (C=O) groups is 2. The van der Waals surface area contributed by atoms with Crippen LogP contribution in [0, 0.1) is 11.2 Å². The molecule has 0 spiro atoms. The average Bonchev–Trinajstić information content (AvgIpc) is 3.14. The van der Waals surface area contributed by atoms with E-state index in [0.29, 0.717) is 24.3 Å². The Labute approximate surface area is 244 Å². The fraction of sp³-hybridized carbons (Fsp3) is 0.414. The van der Waals surface area contributed by atoms with E-state index in [9.17, 15) is 18.8 Å². The summed E-state index contributed by atoms with van der Waals surface area (Å²) in [6, 6.07) is 11.4. The molecule has 0 aliphatic rings. The Morgan fingerprint density at radius 2 is 1.83 bits per heavy atom. The van der Waals surface area contributed by atoms with Crippen molar-refractivity contribution in [2.24, 2.45) is 12.5 Å². The fourth-order valence-corrected chi connectivity index (χ4v) is 4.46. The summed E-state index contributed by atoms with van der Waals surface area (Å²) in [4.78, 5) is 41.6. The molecule has 0 aliphatic carbocycles. The highest BCUT2D eigenvalue weighted by atomic mass is 35.5. The molecule has 12 heteroatoms. The van der Waals surface area contributed by atoms with Gasteiger partial charge in [-0.15, -0.1) is 0 Å². The first-order valence-corrected chi connectivity index (χ1v) is 13.4. The number of hydrogen-bond donors (Lipinski definition) is 2. The van der Waals surface area contributed by atoms with Crippen molar-refractivity contribution in [2.45, 2.75) is 26.7 Å². The molecule has 0 saturated heterocycles. The third kappa shape index (κ3) is 8.18. The first kappa shape index (κ1) is 31.9. The van der Waals surface area contributed by atoms with Crippen LogP contribution in [0.4, 0.5) is 10.1 Å². The van der Waals surface area contributed by atoms with E-state index in [0.717, 1.165) is 6.07 Å². The van der Waals surface area contributed by atoms with Gasteiger partial charge in [-0.05, 0) is 37.7 Å². The summed E-state index contributed by atoms with van der Waals surface area (Å²) in [5.41, 5.74) is 0.611. The van der Waals surface area contributed by atoms with Crippen molar-refractivity contribution in [3.8, 4) is 11.4 Å². The number of halogens is 2. The molecule has 0 fully saturated rings. The monoisotopic (exact) mass is 589 g/mol. The smallest absolute Gasteiger partial charge is 0.295 e. The summed E-state index contributed by atoms with van der Waals surface area (Å²) in [5.74, 6) is -1.67. The van der Waals surface area contributed by atoms with Gasteiger partial charge < -0.3 is 25.0 Å². The van der Waals surface area contributed by atoms with Crippen LogP contribution in [0.2, 0.25) is 5.02 Å². The van der Waals surface area contributed by atoms with Crippen LogP contribution in [0.5, 0.6) is 5.75 Å². The van der Waals surface area contributed by atoms with Crippen molar-refractivity contribution < 1.29 is 23.5 Å². The zero-order valence-electron chi connectivity index (χ0n) is 24.2. The van der Waals surface area contributed by atoms with Crippen molar-refractivity contribution in [2.75, 3.05) is 46.4 Å². The second-order valence-electron chi connectivity index (χ2n) is 10.7. The number of benzene rings is 2. The minimum absolute atomic E-state index is 0.0112. The van der Waals surface area contributed by atoms with Gasteiger partial charge in [-0.1, -0.05) is 43.6 Å². The van der Waals surface area contributed by atoms with Crippen molar-refractivity contribution in [3.05, 3.63) is 74.9 Å². The number of nitrogens with one attached hydrogen (secondary N) is 2. The number of carbonyl (C=O) groups excluding carboxylic acids is 2. The number of methoxy groups -OCH3 is 1. The lowest BCUT2D eigenvalue weighted by molar-refractivity contribution is -0.118. The molecule has 1 aromatic heterocycles. The normalized spacial score (nSPS) is 11.5. The molecule has 222 valence electrons. The maximum atomic E-state index is 14.0. The first-order valence-electron chi connectivity index (χ1n) is 13.0. The summed E-state index contributed by atoms with van der Waals surface area (Å²) < 4.78 is 27.4. The second-order valence-corrected chi connectivity index (χ2v) is 11.1. The average molecular weight is 590 g/mol. The van der Waals surface area contributed by atoms with Gasteiger partial charge in [0.25, 0.3) is 11.5 Å². The van der Waals surface area contributed by atoms with Crippen LogP contribution in [0.3, 0.4) is 0 Å². The van der Waals surface area contributed by atoms with Gasteiger partial charge in [0, 0.05) is 46.2 Å². The molecule has 2 amide bonds. The Balaban J connectivity index is 1.76. The molecule has 0 bridgehead atoms. The molecule has 1 heterocycles. The topological polar surface area (TPSA) is 107 Å². The molecule has 2 aromatic carbocycles. The molecule has 0 radical (unpaired) electrons. The van der Waals surface area contributed by atoms with Crippen LogP contribution in [0.15, 0.2) is 47.3 Å². The Kier molecular flexibility index (Phi) is 10.7. The molecule has 3 rings (SSSR count). The summed E-state index contributed by atoms with van der Waals surface area (Å²) in [6.07, 6.45) is 0.554. The lowest BCUT2D eigenvalue weighted by Gasteiger charge is -2.24. The van der Waals surface area contributed by atoms with E-state index in [-0.39, 0.29) is 53.2 Å². The standard InChI is InChI=1S/C29H37ClFN5O5/c1-29(2,17-32-27(38)20-14-21(30)22(31)15-24(20)41-18-40-6)16-25(37)33-26-23(12-13-34(3)4)35(5)36(28(26)39)19-10-8-7-9-11-19/h7-11,14-15H,12-13,16-18H2,1-6H3,(H,32,38)(H,33,37). The Morgan fingerprint density at radius 1 is 1.15 bits per heavy atom. The van der Waals surface area contributed by atoms with Crippen molar-refractivity contribution in [3.63, 3.8) is 0 Å². The zero-order chi connectivity index (χ0) is 30.3. The quantitative estimate of drug-likeness (QED) is 0.294. The molecule has 3 aromatic rings. The van der Waals surface area contributed by atoms with Gasteiger partial charge >= 0.3 is 0 Å². The van der Waals surface area contributed by atoms with E-state index in [2.05, 4.69) is 10.6 Å². The SMILES string of the molecule is COCOc1cc(F)c(Cl)cc1C(=O)NCC(C)(C)CC(=O)Nc1c(CCN(C)C)n(C)n(-c2ccccc2)c1=O. The van der Waals surface area contributed by atoms with Gasteiger partial charge in [0.15, 0.2) is 6.79 Å². The molecule has 0 unspecified atom stereocenters. The lowest BCUT2D eigenvalue weighted by Crippen LogP contribution is -2.37. The van der Waals surface area contributed by atoms with E-state index in [1.54, 1.807) is 11.7 Å². The molecular formula is C29H37ClFN5O5. The summed E-state index contributed by atoms with van der Waals surface area (Å²) in [7, 11) is 7.07. The third-order valence-electron chi connectivity index (χ3n) is 6.41. The highest BCUT2D eigenvalue weighted by Gasteiger charge is 2.27. The minimum Gasteiger partial charge on any atom is -0.467 e. The maximum Gasteiger partial charge on any atom is 0.295 e. The number of hydrogen-bond acceptors (Lipinski definition) is 6. The number of aromatic nitrogens is 2.